The van der Waals surface area contributed by atoms with Gasteiger partial charge in [-0.05, 0) is 32.0 Å². The third-order valence-electron chi connectivity index (χ3n) is 3.04. The summed E-state index contributed by atoms with van der Waals surface area (Å²) in [5.41, 5.74) is 2.39. The van der Waals surface area contributed by atoms with E-state index in [0.717, 1.165) is 41.4 Å². The van der Waals surface area contributed by atoms with Crippen molar-refractivity contribution < 1.29 is 4.39 Å². The first-order valence-corrected chi connectivity index (χ1v) is 7.01. The summed E-state index contributed by atoms with van der Waals surface area (Å²) in [6.07, 6.45) is 0.727. The third-order valence-corrected chi connectivity index (χ3v) is 3.35. The number of nitrogens with one attached hydrogen (secondary N) is 1. The molecule has 0 radical (unpaired) electrons. The lowest BCUT2D eigenvalue weighted by Gasteiger charge is -2.13. The lowest BCUT2D eigenvalue weighted by atomic mass is 10.1. The Bertz CT molecular complexity index is 629. The Morgan fingerprint density at radius 1 is 1.25 bits per heavy atom. The number of benzene rings is 1. The number of anilines is 1. The van der Waals surface area contributed by atoms with Crippen LogP contribution in [0.25, 0.3) is 11.3 Å². The number of nitrogens with zero attached hydrogens (tertiary/aromatic N) is 2. The molecule has 0 atom stereocenters. The van der Waals surface area contributed by atoms with Crippen LogP contribution in [0.4, 0.5) is 10.2 Å². The molecule has 5 heteroatoms. The molecular weight excluding hydrogens is 277 g/mol. The molecule has 1 aromatic heterocycles. The maximum atomic E-state index is 13.2. The van der Waals surface area contributed by atoms with Crippen LogP contribution >= 0.6 is 11.6 Å². The molecule has 0 fully saturated rings. The van der Waals surface area contributed by atoms with E-state index in [-0.39, 0.29) is 5.82 Å². The fraction of sp³-hybridized carbons (Fsp3) is 0.333. The Labute approximate surface area is 123 Å². The molecule has 1 heterocycles. The van der Waals surface area contributed by atoms with Gasteiger partial charge in [-0.15, -0.1) is 0 Å². The van der Waals surface area contributed by atoms with Crippen LogP contribution < -0.4 is 5.32 Å². The van der Waals surface area contributed by atoms with Crippen LogP contribution in [0.2, 0.25) is 5.02 Å². The second kappa shape index (κ2) is 6.18. The first-order chi connectivity index (χ1) is 9.56. The highest BCUT2D eigenvalue weighted by molar-refractivity contribution is 6.33. The van der Waals surface area contributed by atoms with Crippen LogP contribution in [0.5, 0.6) is 0 Å². The van der Waals surface area contributed by atoms with Gasteiger partial charge in [-0.2, -0.15) is 0 Å². The van der Waals surface area contributed by atoms with Crippen molar-refractivity contribution in [2.75, 3.05) is 11.9 Å². The molecule has 3 nitrogen and oxygen atoms in total. The van der Waals surface area contributed by atoms with Crippen molar-refractivity contribution in [2.24, 2.45) is 0 Å². The van der Waals surface area contributed by atoms with Crippen LogP contribution in [0.1, 0.15) is 25.2 Å². The van der Waals surface area contributed by atoms with E-state index in [9.17, 15) is 4.39 Å². The molecule has 0 bridgehead atoms. The molecule has 0 amide bonds. The van der Waals surface area contributed by atoms with Gasteiger partial charge >= 0.3 is 0 Å². The van der Waals surface area contributed by atoms with Crippen LogP contribution in [-0.2, 0) is 6.42 Å². The average Bonchev–Trinajstić information content (AvgIpc) is 2.42. The van der Waals surface area contributed by atoms with Gasteiger partial charge in [0.15, 0.2) is 0 Å². The van der Waals surface area contributed by atoms with Gasteiger partial charge in [-0.3, -0.25) is 0 Å². The largest absolute Gasteiger partial charge is 0.370 e. The molecule has 1 aromatic carbocycles. The molecule has 0 spiro atoms. The minimum absolute atomic E-state index is 0.354. The van der Waals surface area contributed by atoms with Gasteiger partial charge < -0.3 is 5.32 Å². The summed E-state index contributed by atoms with van der Waals surface area (Å²) in [7, 11) is 0. The molecule has 0 aliphatic carbocycles. The van der Waals surface area contributed by atoms with Gasteiger partial charge in [-0.1, -0.05) is 18.5 Å². The molecule has 2 aromatic rings. The quantitative estimate of drug-likeness (QED) is 0.916. The summed E-state index contributed by atoms with van der Waals surface area (Å²) >= 11 is 6.14. The zero-order valence-corrected chi connectivity index (χ0v) is 12.6. The predicted octanol–water partition coefficient (Wildman–Crippen LogP) is 4.24. The maximum Gasteiger partial charge on any atom is 0.133 e. The van der Waals surface area contributed by atoms with Crippen molar-refractivity contribution in [1.29, 1.82) is 0 Å². The number of hydrogen-bond acceptors (Lipinski definition) is 3. The van der Waals surface area contributed by atoms with E-state index >= 15 is 0 Å². The average molecular weight is 294 g/mol. The zero-order valence-electron chi connectivity index (χ0n) is 11.8. The van der Waals surface area contributed by atoms with E-state index in [1.807, 2.05) is 20.8 Å². The molecule has 0 aliphatic heterocycles. The van der Waals surface area contributed by atoms with Gasteiger partial charge in [0.05, 0.1) is 10.7 Å². The first kappa shape index (κ1) is 14.7. The Balaban J connectivity index is 2.62. The lowest BCUT2D eigenvalue weighted by molar-refractivity contribution is 0.628. The number of halogens is 2. The van der Waals surface area contributed by atoms with Gasteiger partial charge in [0.2, 0.25) is 0 Å². The van der Waals surface area contributed by atoms with Crippen LogP contribution in [0.15, 0.2) is 18.2 Å². The van der Waals surface area contributed by atoms with Crippen LogP contribution in [0.3, 0.4) is 0 Å². The van der Waals surface area contributed by atoms with Crippen molar-refractivity contribution in [3.05, 3.63) is 40.4 Å². The van der Waals surface area contributed by atoms with Gasteiger partial charge in [0.25, 0.3) is 0 Å². The Morgan fingerprint density at radius 3 is 2.60 bits per heavy atom. The third kappa shape index (κ3) is 2.90. The standard InChI is InChI=1S/C15H17ClFN3/c1-4-13-19-14(9(3)15(20-13)18-5-2)11-7-6-10(17)8-12(11)16/h6-8H,4-5H2,1-3H3,(H,18,19,20). The summed E-state index contributed by atoms with van der Waals surface area (Å²) in [5, 5.41) is 3.58. The normalized spacial score (nSPS) is 10.7. The van der Waals surface area contributed by atoms with Crippen molar-refractivity contribution >= 4 is 17.4 Å². The highest BCUT2D eigenvalue weighted by Crippen LogP contribution is 2.31. The van der Waals surface area contributed by atoms with Gasteiger partial charge in [0.1, 0.15) is 17.5 Å². The SMILES string of the molecule is CCNc1nc(CC)nc(-c2ccc(F)cc2Cl)c1C. The molecular formula is C15H17ClFN3. The smallest absolute Gasteiger partial charge is 0.133 e. The Kier molecular flexibility index (Phi) is 4.55. The molecule has 106 valence electrons. The van der Waals surface area contributed by atoms with Crippen molar-refractivity contribution in [3.8, 4) is 11.3 Å². The van der Waals surface area contributed by atoms with Gasteiger partial charge in [0, 0.05) is 24.1 Å². The summed E-state index contributed by atoms with van der Waals surface area (Å²) in [5.74, 6) is 1.18. The zero-order chi connectivity index (χ0) is 14.7. The second-order valence-corrected chi connectivity index (χ2v) is 4.88. The summed E-state index contributed by atoms with van der Waals surface area (Å²) in [6, 6.07) is 4.35. The molecule has 20 heavy (non-hydrogen) atoms. The number of aromatic nitrogens is 2. The Hall–Kier alpha value is -1.68. The monoisotopic (exact) mass is 293 g/mol. The lowest BCUT2D eigenvalue weighted by Crippen LogP contribution is -2.07. The van der Waals surface area contributed by atoms with Crippen LogP contribution in [0, 0.1) is 12.7 Å². The minimum atomic E-state index is -0.354. The minimum Gasteiger partial charge on any atom is -0.370 e. The van der Waals surface area contributed by atoms with Gasteiger partial charge in [-0.25, -0.2) is 14.4 Å². The fourth-order valence-electron chi connectivity index (χ4n) is 2.00. The topological polar surface area (TPSA) is 37.8 Å². The van der Waals surface area contributed by atoms with E-state index in [2.05, 4.69) is 15.3 Å². The number of hydrogen-bond donors (Lipinski definition) is 1. The second-order valence-electron chi connectivity index (χ2n) is 4.47. The van der Waals surface area contributed by atoms with E-state index in [0.29, 0.717) is 5.02 Å². The number of aryl methyl sites for hydroxylation is 1. The first-order valence-electron chi connectivity index (χ1n) is 6.63. The van der Waals surface area contributed by atoms with E-state index in [1.54, 1.807) is 6.07 Å². The molecule has 0 aliphatic rings. The summed E-state index contributed by atoms with van der Waals surface area (Å²) in [4.78, 5) is 9.01. The van der Waals surface area contributed by atoms with Crippen LogP contribution in [-0.4, -0.2) is 16.5 Å². The molecule has 2 rings (SSSR count). The molecule has 0 saturated heterocycles. The highest BCUT2D eigenvalue weighted by Gasteiger charge is 2.14. The highest BCUT2D eigenvalue weighted by atomic mass is 35.5. The predicted molar refractivity (Wildman–Crippen MR) is 80.7 cm³/mol. The van der Waals surface area contributed by atoms with Crippen molar-refractivity contribution in [3.63, 3.8) is 0 Å². The van der Waals surface area contributed by atoms with Crippen molar-refractivity contribution in [1.82, 2.24) is 9.97 Å². The van der Waals surface area contributed by atoms with E-state index < -0.39 is 0 Å². The maximum absolute atomic E-state index is 13.2. The van der Waals surface area contributed by atoms with E-state index in [1.165, 1.54) is 12.1 Å². The molecule has 0 saturated carbocycles. The fourth-order valence-corrected chi connectivity index (χ4v) is 2.26. The molecule has 0 unspecified atom stereocenters. The Morgan fingerprint density at radius 2 is 2.00 bits per heavy atom. The summed E-state index contributed by atoms with van der Waals surface area (Å²) in [6.45, 7) is 6.72. The van der Waals surface area contributed by atoms with E-state index in [4.69, 9.17) is 11.6 Å². The molecule has 1 N–H and O–H groups in total. The summed E-state index contributed by atoms with van der Waals surface area (Å²) < 4.78 is 13.2. The number of rotatable bonds is 4. The van der Waals surface area contributed by atoms with Crippen molar-refractivity contribution in [2.45, 2.75) is 27.2 Å².